The van der Waals surface area contributed by atoms with Crippen LogP contribution in [-0.2, 0) is 14.8 Å². The lowest BCUT2D eigenvalue weighted by atomic mass is 10.2. The van der Waals surface area contributed by atoms with E-state index in [1.807, 2.05) is 27.7 Å². The maximum absolute atomic E-state index is 13.1. The van der Waals surface area contributed by atoms with Gasteiger partial charge in [0.05, 0.1) is 15.5 Å². The third kappa shape index (κ3) is 8.14. The first-order chi connectivity index (χ1) is 15.5. The Kier molecular flexibility index (Phi) is 9.88. The fourth-order valence-electron chi connectivity index (χ4n) is 3.20. The molecule has 0 fully saturated rings. The first kappa shape index (κ1) is 26.8. The van der Waals surface area contributed by atoms with Crippen molar-refractivity contribution in [2.45, 2.75) is 39.0 Å². The van der Waals surface area contributed by atoms with Crippen molar-refractivity contribution in [2.75, 3.05) is 25.0 Å². The van der Waals surface area contributed by atoms with Gasteiger partial charge in [-0.1, -0.05) is 51.4 Å². The summed E-state index contributed by atoms with van der Waals surface area (Å²) < 4.78 is 27.7. The van der Waals surface area contributed by atoms with Crippen LogP contribution in [0, 0.1) is 11.8 Å². The molecule has 0 spiro atoms. The molecule has 180 valence electrons. The number of hydrogen-bond donors (Lipinski definition) is 2. The second-order valence-corrected chi connectivity index (χ2v) is 11.0. The van der Waals surface area contributed by atoms with Crippen LogP contribution >= 0.6 is 11.6 Å². The minimum Gasteiger partial charge on any atom is -0.351 e. The standard InChI is InChI=1S/C24H32ClN3O4S/c1-17(2)15-28(16-18(3)4)33(31,32)20-11-9-19(10-12-20)27-23(29)13-14-26-24(30)21-7-5-6-8-22(21)25/h5-12,17-18H,13-16H2,1-4H3,(H,26,30)(H,27,29). The minimum absolute atomic E-state index is 0.0623. The van der Waals surface area contributed by atoms with E-state index in [0.29, 0.717) is 29.4 Å². The molecule has 2 rings (SSSR count). The third-order valence-corrected chi connectivity index (χ3v) is 6.84. The van der Waals surface area contributed by atoms with Crippen molar-refractivity contribution < 1.29 is 18.0 Å². The minimum atomic E-state index is -3.63. The molecule has 0 aromatic heterocycles. The van der Waals surface area contributed by atoms with Crippen molar-refractivity contribution in [3.8, 4) is 0 Å². The van der Waals surface area contributed by atoms with Gasteiger partial charge in [-0.3, -0.25) is 9.59 Å². The van der Waals surface area contributed by atoms with Crippen LogP contribution in [0.1, 0.15) is 44.5 Å². The van der Waals surface area contributed by atoms with Crippen LogP contribution in [0.25, 0.3) is 0 Å². The molecule has 0 aliphatic heterocycles. The van der Waals surface area contributed by atoms with Crippen LogP contribution < -0.4 is 10.6 Å². The Bertz CT molecular complexity index is 1040. The molecule has 7 nitrogen and oxygen atoms in total. The summed E-state index contributed by atoms with van der Waals surface area (Å²) in [6.07, 6.45) is 0.0623. The van der Waals surface area contributed by atoms with Gasteiger partial charge in [-0.2, -0.15) is 4.31 Å². The largest absolute Gasteiger partial charge is 0.351 e. The lowest BCUT2D eigenvalue weighted by Gasteiger charge is -2.25. The molecule has 9 heteroatoms. The van der Waals surface area contributed by atoms with Crippen molar-refractivity contribution in [3.63, 3.8) is 0 Å². The first-order valence-electron chi connectivity index (χ1n) is 10.9. The number of benzene rings is 2. The predicted molar refractivity (Wildman–Crippen MR) is 132 cm³/mol. The van der Waals surface area contributed by atoms with Gasteiger partial charge in [0, 0.05) is 31.7 Å². The van der Waals surface area contributed by atoms with Crippen LogP contribution in [0.2, 0.25) is 5.02 Å². The van der Waals surface area contributed by atoms with Crippen molar-refractivity contribution in [2.24, 2.45) is 11.8 Å². The highest BCUT2D eigenvalue weighted by Crippen LogP contribution is 2.21. The van der Waals surface area contributed by atoms with Crippen LogP contribution in [0.4, 0.5) is 5.69 Å². The molecule has 2 aromatic carbocycles. The summed E-state index contributed by atoms with van der Waals surface area (Å²) >= 11 is 6.00. The fourth-order valence-corrected chi connectivity index (χ4v) is 5.19. The lowest BCUT2D eigenvalue weighted by Crippen LogP contribution is -2.37. The second kappa shape index (κ2) is 12.2. The van der Waals surface area contributed by atoms with Crippen LogP contribution in [0.3, 0.4) is 0 Å². The zero-order valence-electron chi connectivity index (χ0n) is 19.5. The molecule has 0 saturated heterocycles. The number of nitrogens with one attached hydrogen (secondary N) is 2. The van der Waals surface area contributed by atoms with Crippen molar-refractivity contribution in [3.05, 3.63) is 59.1 Å². The normalized spacial score (nSPS) is 11.8. The van der Waals surface area contributed by atoms with E-state index < -0.39 is 10.0 Å². The Hall–Kier alpha value is -2.42. The third-order valence-electron chi connectivity index (χ3n) is 4.67. The Balaban J connectivity index is 1.94. The average Bonchev–Trinajstić information content (AvgIpc) is 2.73. The number of nitrogens with zero attached hydrogens (tertiary/aromatic N) is 1. The van der Waals surface area contributed by atoms with Crippen molar-refractivity contribution >= 4 is 39.1 Å². The van der Waals surface area contributed by atoms with Crippen LogP contribution in [0.15, 0.2) is 53.4 Å². The Morgan fingerprint density at radius 2 is 1.52 bits per heavy atom. The molecule has 0 bridgehead atoms. The molecule has 0 radical (unpaired) electrons. The van der Waals surface area contributed by atoms with Crippen molar-refractivity contribution in [1.29, 1.82) is 0 Å². The number of carbonyl (C=O) groups is 2. The molecule has 0 saturated carbocycles. The molecule has 0 heterocycles. The van der Waals surface area contributed by atoms with E-state index in [2.05, 4.69) is 10.6 Å². The Morgan fingerprint density at radius 1 is 0.939 bits per heavy atom. The van der Waals surface area contributed by atoms with Gasteiger partial charge < -0.3 is 10.6 Å². The molecule has 0 aliphatic rings. The highest BCUT2D eigenvalue weighted by molar-refractivity contribution is 7.89. The summed E-state index contributed by atoms with van der Waals surface area (Å²) in [5.41, 5.74) is 0.830. The number of carbonyl (C=O) groups excluding carboxylic acids is 2. The van der Waals surface area contributed by atoms with Gasteiger partial charge in [0.15, 0.2) is 0 Å². The zero-order chi connectivity index (χ0) is 24.6. The number of halogens is 1. The number of amides is 2. The molecular weight excluding hydrogens is 462 g/mol. The molecule has 0 unspecified atom stereocenters. The molecule has 0 aliphatic carbocycles. The average molecular weight is 494 g/mol. The van der Waals surface area contributed by atoms with Gasteiger partial charge in [-0.25, -0.2) is 8.42 Å². The molecule has 2 amide bonds. The van der Waals surface area contributed by atoms with Gasteiger partial charge >= 0.3 is 0 Å². The lowest BCUT2D eigenvalue weighted by molar-refractivity contribution is -0.116. The van der Waals surface area contributed by atoms with Gasteiger partial charge in [-0.05, 0) is 48.2 Å². The van der Waals surface area contributed by atoms with E-state index in [1.165, 1.54) is 16.4 Å². The summed E-state index contributed by atoms with van der Waals surface area (Å²) in [5, 5.41) is 5.72. The van der Waals surface area contributed by atoms with Gasteiger partial charge in [0.1, 0.15) is 0 Å². The molecule has 0 atom stereocenters. The first-order valence-corrected chi connectivity index (χ1v) is 12.7. The topological polar surface area (TPSA) is 95.6 Å². The maximum atomic E-state index is 13.1. The fraction of sp³-hybridized carbons (Fsp3) is 0.417. The van der Waals surface area contributed by atoms with E-state index in [4.69, 9.17) is 11.6 Å². The predicted octanol–water partition coefficient (Wildman–Crippen LogP) is 4.40. The van der Waals surface area contributed by atoms with E-state index in [1.54, 1.807) is 36.4 Å². The van der Waals surface area contributed by atoms with Gasteiger partial charge in [0.25, 0.3) is 5.91 Å². The SMILES string of the molecule is CC(C)CN(CC(C)C)S(=O)(=O)c1ccc(NC(=O)CCNC(=O)c2ccccc2Cl)cc1. The molecular formula is C24H32ClN3O4S. The zero-order valence-corrected chi connectivity index (χ0v) is 21.0. The van der Waals surface area contributed by atoms with E-state index >= 15 is 0 Å². The summed E-state index contributed by atoms with van der Waals surface area (Å²) in [6, 6.07) is 12.8. The van der Waals surface area contributed by atoms with Crippen molar-refractivity contribution in [1.82, 2.24) is 9.62 Å². The number of hydrogen-bond acceptors (Lipinski definition) is 4. The summed E-state index contributed by atoms with van der Waals surface area (Å²) in [7, 11) is -3.63. The second-order valence-electron chi connectivity index (χ2n) is 8.67. The van der Waals surface area contributed by atoms with Crippen LogP contribution in [0.5, 0.6) is 0 Å². The highest BCUT2D eigenvalue weighted by Gasteiger charge is 2.25. The summed E-state index contributed by atoms with van der Waals surface area (Å²) in [4.78, 5) is 24.5. The number of anilines is 1. The quantitative estimate of drug-likeness (QED) is 0.485. The Morgan fingerprint density at radius 3 is 2.06 bits per heavy atom. The van der Waals surface area contributed by atoms with E-state index in [9.17, 15) is 18.0 Å². The van der Waals surface area contributed by atoms with Crippen LogP contribution in [-0.4, -0.2) is 44.2 Å². The summed E-state index contributed by atoms with van der Waals surface area (Å²) in [5.74, 6) is -0.243. The van der Waals surface area contributed by atoms with Gasteiger partial charge in [-0.15, -0.1) is 0 Å². The monoisotopic (exact) mass is 493 g/mol. The van der Waals surface area contributed by atoms with E-state index in [0.717, 1.165) is 0 Å². The van der Waals surface area contributed by atoms with Gasteiger partial charge in [0.2, 0.25) is 15.9 Å². The highest BCUT2D eigenvalue weighted by atomic mass is 35.5. The van der Waals surface area contributed by atoms with E-state index in [-0.39, 0.29) is 41.5 Å². The molecule has 33 heavy (non-hydrogen) atoms. The number of sulfonamides is 1. The maximum Gasteiger partial charge on any atom is 0.252 e. The smallest absolute Gasteiger partial charge is 0.252 e. The Labute approximate surface area is 201 Å². The molecule has 2 N–H and O–H groups in total. The molecule has 2 aromatic rings. The summed E-state index contributed by atoms with van der Waals surface area (Å²) in [6.45, 7) is 8.97. The number of rotatable bonds is 11.